The van der Waals surface area contributed by atoms with Gasteiger partial charge in [-0.3, -0.25) is 10.2 Å². The Morgan fingerprint density at radius 1 is 1.11 bits per heavy atom. The Labute approximate surface area is 112 Å². The maximum atomic E-state index is 9.33. The van der Waals surface area contributed by atoms with Gasteiger partial charge in [-0.05, 0) is 32.9 Å². The van der Waals surface area contributed by atoms with Crippen molar-refractivity contribution >= 4 is 0 Å². The second-order valence-electron chi connectivity index (χ2n) is 5.49. The number of nitrogens with zero attached hydrogens (tertiary/aromatic N) is 3. The monoisotopic (exact) mass is 252 g/mol. The lowest BCUT2D eigenvalue weighted by Gasteiger charge is -2.38. The summed E-state index contributed by atoms with van der Waals surface area (Å²) in [6, 6.07) is 2.43. The average molecular weight is 252 g/mol. The van der Waals surface area contributed by atoms with Gasteiger partial charge in [0.2, 0.25) is 0 Å². The van der Waals surface area contributed by atoms with Gasteiger partial charge in [0.05, 0.1) is 6.07 Å². The number of piperazine rings is 1. The first kappa shape index (κ1) is 15.4. The summed E-state index contributed by atoms with van der Waals surface area (Å²) >= 11 is 0. The highest BCUT2D eigenvalue weighted by Gasteiger charge is 2.27. The molecule has 4 nitrogen and oxygen atoms in total. The number of nitrogens with one attached hydrogen (secondary N) is 1. The van der Waals surface area contributed by atoms with Crippen LogP contribution in [-0.4, -0.2) is 61.2 Å². The fourth-order valence-corrected chi connectivity index (χ4v) is 2.47. The van der Waals surface area contributed by atoms with E-state index in [1.807, 2.05) is 6.92 Å². The van der Waals surface area contributed by atoms with Crippen LogP contribution in [0.1, 0.15) is 33.6 Å². The van der Waals surface area contributed by atoms with Crippen molar-refractivity contribution in [2.45, 2.75) is 39.2 Å². The van der Waals surface area contributed by atoms with Crippen LogP contribution in [-0.2, 0) is 0 Å². The first-order chi connectivity index (χ1) is 8.63. The van der Waals surface area contributed by atoms with E-state index in [-0.39, 0.29) is 0 Å². The molecule has 1 fully saturated rings. The fourth-order valence-electron chi connectivity index (χ4n) is 2.47. The van der Waals surface area contributed by atoms with Crippen molar-refractivity contribution in [2.24, 2.45) is 0 Å². The zero-order chi connectivity index (χ0) is 13.4. The summed E-state index contributed by atoms with van der Waals surface area (Å²) in [5.41, 5.74) is -0.400. The van der Waals surface area contributed by atoms with E-state index in [0.29, 0.717) is 0 Å². The first-order valence-electron chi connectivity index (χ1n) is 7.24. The molecule has 0 aromatic heterocycles. The normalized spacial score (nSPS) is 21.4. The molecule has 0 saturated carbocycles. The predicted octanol–water partition coefficient (Wildman–Crippen LogP) is 1.30. The van der Waals surface area contributed by atoms with Gasteiger partial charge >= 0.3 is 0 Å². The molecule has 0 radical (unpaired) electrons. The van der Waals surface area contributed by atoms with Crippen molar-refractivity contribution < 1.29 is 0 Å². The lowest BCUT2D eigenvalue weighted by atomic mass is 10.0. The Hall–Kier alpha value is -0.630. The Bertz CT molecular complexity index is 265. The van der Waals surface area contributed by atoms with Crippen molar-refractivity contribution in [1.29, 1.82) is 5.26 Å². The molecule has 1 aliphatic rings. The number of hydrogen-bond acceptors (Lipinski definition) is 4. The molecular weight excluding hydrogens is 224 g/mol. The highest BCUT2D eigenvalue weighted by atomic mass is 15.3. The molecule has 4 heteroatoms. The molecule has 0 bridgehead atoms. The van der Waals surface area contributed by atoms with Crippen molar-refractivity contribution in [3.05, 3.63) is 0 Å². The summed E-state index contributed by atoms with van der Waals surface area (Å²) in [6.07, 6.45) is 2.30. The summed E-state index contributed by atoms with van der Waals surface area (Å²) in [5, 5.41) is 12.7. The van der Waals surface area contributed by atoms with E-state index in [4.69, 9.17) is 0 Å². The minimum absolute atomic E-state index is 0.400. The van der Waals surface area contributed by atoms with Crippen LogP contribution >= 0.6 is 0 Å². The zero-order valence-electron chi connectivity index (χ0n) is 12.2. The summed E-state index contributed by atoms with van der Waals surface area (Å²) in [6.45, 7) is 13.8. The first-order valence-corrected chi connectivity index (χ1v) is 7.24. The van der Waals surface area contributed by atoms with Gasteiger partial charge in [0.1, 0.15) is 5.54 Å². The SMILES string of the molecule is CCCNC(C)(C#N)CN1CCN(CCC)CC1. The van der Waals surface area contributed by atoms with Crippen LogP contribution < -0.4 is 5.32 Å². The third-order valence-electron chi connectivity index (χ3n) is 3.56. The minimum atomic E-state index is -0.400. The molecule has 0 amide bonds. The van der Waals surface area contributed by atoms with Gasteiger partial charge in [-0.25, -0.2) is 0 Å². The summed E-state index contributed by atoms with van der Waals surface area (Å²) in [5.74, 6) is 0. The van der Waals surface area contributed by atoms with Gasteiger partial charge in [-0.15, -0.1) is 0 Å². The second kappa shape index (κ2) is 7.73. The lowest BCUT2D eigenvalue weighted by molar-refractivity contribution is 0.115. The maximum absolute atomic E-state index is 9.33. The minimum Gasteiger partial charge on any atom is -0.301 e. The van der Waals surface area contributed by atoms with Gasteiger partial charge in [0.25, 0.3) is 0 Å². The third kappa shape index (κ3) is 4.93. The molecule has 1 atom stereocenters. The molecule has 1 unspecified atom stereocenters. The molecule has 1 aliphatic heterocycles. The topological polar surface area (TPSA) is 42.3 Å². The van der Waals surface area contributed by atoms with Crippen LogP contribution in [0.4, 0.5) is 0 Å². The van der Waals surface area contributed by atoms with E-state index in [1.165, 1.54) is 13.0 Å². The fraction of sp³-hybridized carbons (Fsp3) is 0.929. The predicted molar refractivity (Wildman–Crippen MR) is 75.5 cm³/mol. The molecule has 1 N–H and O–H groups in total. The molecule has 1 rings (SSSR count). The van der Waals surface area contributed by atoms with Crippen LogP contribution in [0.3, 0.4) is 0 Å². The average Bonchev–Trinajstić information content (AvgIpc) is 2.39. The molecule has 0 spiro atoms. The smallest absolute Gasteiger partial charge is 0.116 e. The van der Waals surface area contributed by atoms with Crippen molar-refractivity contribution in [2.75, 3.05) is 45.8 Å². The summed E-state index contributed by atoms with van der Waals surface area (Å²) < 4.78 is 0. The Balaban J connectivity index is 2.36. The van der Waals surface area contributed by atoms with E-state index >= 15 is 0 Å². The van der Waals surface area contributed by atoms with Gasteiger partial charge in [-0.1, -0.05) is 13.8 Å². The largest absolute Gasteiger partial charge is 0.301 e. The Kier molecular flexibility index (Phi) is 6.62. The zero-order valence-corrected chi connectivity index (χ0v) is 12.2. The highest BCUT2D eigenvalue weighted by molar-refractivity contribution is 5.06. The number of hydrogen-bond donors (Lipinski definition) is 1. The standard InChI is InChI=1S/C14H28N4/c1-4-6-16-14(3,12-15)13-18-10-8-17(7-5-2)9-11-18/h16H,4-11,13H2,1-3H3. The van der Waals surface area contributed by atoms with Crippen molar-refractivity contribution in [1.82, 2.24) is 15.1 Å². The van der Waals surface area contributed by atoms with Gasteiger partial charge in [0.15, 0.2) is 0 Å². The lowest BCUT2D eigenvalue weighted by Crippen LogP contribution is -2.55. The quantitative estimate of drug-likeness (QED) is 0.741. The highest BCUT2D eigenvalue weighted by Crippen LogP contribution is 2.09. The summed E-state index contributed by atoms with van der Waals surface area (Å²) in [7, 11) is 0. The molecule has 1 heterocycles. The molecule has 0 aromatic rings. The van der Waals surface area contributed by atoms with E-state index in [0.717, 1.165) is 45.7 Å². The second-order valence-corrected chi connectivity index (χ2v) is 5.49. The molecule has 0 aromatic carbocycles. The molecule has 1 saturated heterocycles. The van der Waals surface area contributed by atoms with E-state index in [9.17, 15) is 5.26 Å². The van der Waals surface area contributed by atoms with E-state index < -0.39 is 5.54 Å². The number of rotatable bonds is 7. The van der Waals surface area contributed by atoms with Crippen LogP contribution in [0.15, 0.2) is 0 Å². The van der Waals surface area contributed by atoms with Crippen LogP contribution in [0, 0.1) is 11.3 Å². The van der Waals surface area contributed by atoms with Crippen molar-refractivity contribution in [3.63, 3.8) is 0 Å². The molecule has 18 heavy (non-hydrogen) atoms. The molecule has 0 aliphatic carbocycles. The van der Waals surface area contributed by atoms with Crippen LogP contribution in [0.25, 0.3) is 0 Å². The van der Waals surface area contributed by atoms with E-state index in [1.54, 1.807) is 0 Å². The van der Waals surface area contributed by atoms with Crippen LogP contribution in [0.2, 0.25) is 0 Å². The van der Waals surface area contributed by atoms with Crippen molar-refractivity contribution in [3.8, 4) is 6.07 Å². The third-order valence-corrected chi connectivity index (χ3v) is 3.56. The number of nitriles is 1. The van der Waals surface area contributed by atoms with Crippen LogP contribution in [0.5, 0.6) is 0 Å². The molecule has 104 valence electrons. The Morgan fingerprint density at radius 3 is 2.22 bits per heavy atom. The summed E-state index contributed by atoms with van der Waals surface area (Å²) in [4.78, 5) is 4.93. The van der Waals surface area contributed by atoms with Gasteiger partial charge in [-0.2, -0.15) is 5.26 Å². The van der Waals surface area contributed by atoms with Gasteiger partial charge < -0.3 is 4.90 Å². The Morgan fingerprint density at radius 2 is 1.72 bits per heavy atom. The van der Waals surface area contributed by atoms with E-state index in [2.05, 4.69) is 35.0 Å². The van der Waals surface area contributed by atoms with Gasteiger partial charge in [0, 0.05) is 32.7 Å². The maximum Gasteiger partial charge on any atom is 0.116 e. The molecular formula is C14H28N4.